The predicted molar refractivity (Wildman–Crippen MR) is 190 cm³/mol. The fraction of sp³-hybridized carbons (Fsp3) is 0.406. The number of aromatic nitrogens is 7. The summed E-state index contributed by atoms with van der Waals surface area (Å²) < 4.78 is 10.4. The number of rotatable bonds is 7. The molecule has 6 rings (SSSR count). The largest absolute Gasteiger partial charge is 0.495 e. The van der Waals surface area contributed by atoms with Crippen molar-refractivity contribution in [1.29, 1.82) is 0 Å². The van der Waals surface area contributed by atoms with Crippen LogP contribution in [0.3, 0.4) is 0 Å². The third-order valence-electron chi connectivity index (χ3n) is 5.86. The number of fused-ring (bicyclic) bond motifs is 3. The maximum absolute atomic E-state index is 5.37. The summed E-state index contributed by atoms with van der Waals surface area (Å²) in [6, 6.07) is 10.2. The van der Waals surface area contributed by atoms with Gasteiger partial charge in [0.25, 0.3) is 0 Å². The summed E-state index contributed by atoms with van der Waals surface area (Å²) in [6.45, 7) is 17.1. The van der Waals surface area contributed by atoms with Crippen LogP contribution in [0.25, 0.3) is 27.0 Å². The van der Waals surface area contributed by atoms with E-state index in [1.807, 2.05) is 95.7 Å². The molecule has 0 aromatic carbocycles. The van der Waals surface area contributed by atoms with E-state index in [4.69, 9.17) is 4.74 Å². The molecule has 0 aliphatic heterocycles. The summed E-state index contributed by atoms with van der Waals surface area (Å²) in [5.74, 6) is 0.929. The Morgan fingerprint density at radius 3 is 2.25 bits per heavy atom. The number of pyridine rings is 2. The SMILES string of the molecule is CC(C)Sc1ccnc2c1ncn2C.COc1cc(SC(C)C)nc2ccsc12.Cc1cc(SC(C)C)n2nc(C)cc2n1. The van der Waals surface area contributed by atoms with E-state index >= 15 is 0 Å². The zero-order chi connectivity index (χ0) is 32.0. The zero-order valence-electron chi connectivity index (χ0n) is 27.0. The molecule has 0 saturated carbocycles. The maximum atomic E-state index is 5.37. The minimum absolute atomic E-state index is 0.540. The molecule has 0 N–H and O–H groups in total. The zero-order valence-corrected chi connectivity index (χ0v) is 30.3. The topological polar surface area (TPSA) is 83.0 Å². The van der Waals surface area contributed by atoms with Crippen LogP contribution in [-0.4, -0.2) is 57.0 Å². The van der Waals surface area contributed by atoms with Crippen LogP contribution in [0.5, 0.6) is 5.75 Å². The van der Waals surface area contributed by atoms with Crippen LogP contribution in [0.15, 0.2) is 63.2 Å². The lowest BCUT2D eigenvalue weighted by Gasteiger charge is -2.07. The summed E-state index contributed by atoms with van der Waals surface area (Å²) in [5.41, 5.74) is 5.99. The van der Waals surface area contributed by atoms with Crippen molar-refractivity contribution in [1.82, 2.24) is 34.1 Å². The molecule has 234 valence electrons. The number of methoxy groups -OCH3 is 1. The highest BCUT2D eigenvalue weighted by atomic mass is 32.2. The molecule has 0 spiro atoms. The Labute approximate surface area is 276 Å². The van der Waals surface area contributed by atoms with Crippen molar-refractivity contribution >= 4 is 73.7 Å². The number of aryl methyl sites for hydroxylation is 3. The fourth-order valence-electron chi connectivity index (χ4n) is 4.22. The first-order valence-corrected chi connectivity index (χ1v) is 18.0. The van der Waals surface area contributed by atoms with Gasteiger partial charge in [-0.25, -0.2) is 24.5 Å². The summed E-state index contributed by atoms with van der Waals surface area (Å²) in [5, 5.41) is 10.4. The van der Waals surface area contributed by atoms with Crippen LogP contribution in [-0.2, 0) is 7.05 Å². The van der Waals surface area contributed by atoms with Gasteiger partial charge in [0.2, 0.25) is 0 Å². The van der Waals surface area contributed by atoms with E-state index in [-0.39, 0.29) is 0 Å². The molecule has 0 radical (unpaired) electrons. The average Bonchev–Trinajstić information content (AvgIpc) is 3.67. The van der Waals surface area contributed by atoms with E-state index < -0.39 is 0 Å². The van der Waals surface area contributed by atoms with E-state index in [0.29, 0.717) is 15.7 Å². The smallest absolute Gasteiger partial charge is 0.160 e. The third kappa shape index (κ3) is 8.89. The van der Waals surface area contributed by atoms with Gasteiger partial charge in [-0.05, 0) is 37.4 Å². The lowest BCUT2D eigenvalue weighted by atomic mass is 10.4. The van der Waals surface area contributed by atoms with Gasteiger partial charge >= 0.3 is 0 Å². The quantitative estimate of drug-likeness (QED) is 0.122. The summed E-state index contributed by atoms with van der Waals surface area (Å²) >= 11 is 7.07. The highest BCUT2D eigenvalue weighted by molar-refractivity contribution is 8.00. The lowest BCUT2D eigenvalue weighted by Crippen LogP contribution is -1.99. The van der Waals surface area contributed by atoms with Crippen molar-refractivity contribution in [3.05, 3.63) is 59.6 Å². The Kier molecular flexibility index (Phi) is 12.0. The van der Waals surface area contributed by atoms with Crippen LogP contribution in [0.1, 0.15) is 52.9 Å². The molecule has 0 amide bonds. The minimum atomic E-state index is 0.540. The van der Waals surface area contributed by atoms with Crippen molar-refractivity contribution in [3.8, 4) is 5.75 Å². The van der Waals surface area contributed by atoms with Crippen LogP contribution in [0.2, 0.25) is 0 Å². The summed E-state index contributed by atoms with van der Waals surface area (Å²) in [4.78, 5) is 18.9. The molecule has 0 aliphatic carbocycles. The molecule has 0 atom stereocenters. The predicted octanol–water partition coefficient (Wildman–Crippen LogP) is 9.12. The van der Waals surface area contributed by atoms with Gasteiger partial charge in [-0.3, -0.25) is 0 Å². The van der Waals surface area contributed by atoms with Crippen molar-refractivity contribution < 1.29 is 4.74 Å². The van der Waals surface area contributed by atoms with Gasteiger partial charge in [0, 0.05) is 51.7 Å². The second kappa shape index (κ2) is 15.5. The Hall–Kier alpha value is -2.80. The average molecular weight is 668 g/mol. The number of ether oxygens (including phenoxy) is 1. The van der Waals surface area contributed by atoms with Gasteiger partial charge in [0.05, 0.1) is 29.3 Å². The molecule has 44 heavy (non-hydrogen) atoms. The van der Waals surface area contributed by atoms with E-state index in [2.05, 4.69) is 72.6 Å². The van der Waals surface area contributed by atoms with Gasteiger partial charge in [-0.1, -0.05) is 41.5 Å². The van der Waals surface area contributed by atoms with E-state index in [9.17, 15) is 0 Å². The molecular weight excluding hydrogens is 627 g/mol. The van der Waals surface area contributed by atoms with E-state index in [0.717, 1.165) is 49.2 Å². The number of thiophene rings is 1. The Morgan fingerprint density at radius 1 is 0.841 bits per heavy atom. The monoisotopic (exact) mass is 667 g/mol. The van der Waals surface area contributed by atoms with Crippen LogP contribution in [0.4, 0.5) is 0 Å². The first-order valence-electron chi connectivity index (χ1n) is 14.5. The van der Waals surface area contributed by atoms with Gasteiger partial charge in [0.1, 0.15) is 21.3 Å². The number of thioether (sulfide) groups is 3. The van der Waals surface area contributed by atoms with Crippen LogP contribution >= 0.6 is 46.6 Å². The van der Waals surface area contributed by atoms with Gasteiger partial charge in [-0.2, -0.15) is 5.10 Å². The molecule has 8 nitrogen and oxygen atoms in total. The van der Waals surface area contributed by atoms with Crippen LogP contribution < -0.4 is 4.74 Å². The molecule has 0 saturated heterocycles. The second-order valence-corrected chi connectivity index (χ2v) is 16.7. The highest BCUT2D eigenvalue weighted by Gasteiger charge is 2.10. The first-order chi connectivity index (χ1) is 20.9. The van der Waals surface area contributed by atoms with Crippen molar-refractivity contribution in [2.45, 2.75) is 86.1 Å². The molecule has 6 heterocycles. The van der Waals surface area contributed by atoms with E-state index in [1.54, 1.807) is 30.2 Å². The molecule has 12 heteroatoms. The third-order valence-corrected chi connectivity index (χ3v) is 9.75. The van der Waals surface area contributed by atoms with Crippen LogP contribution in [0, 0.1) is 13.8 Å². The maximum Gasteiger partial charge on any atom is 0.160 e. The normalized spacial score (nSPS) is 11.4. The number of nitrogens with zero attached hydrogens (tertiary/aromatic N) is 7. The summed E-state index contributed by atoms with van der Waals surface area (Å²) in [6.07, 6.45) is 3.65. The van der Waals surface area contributed by atoms with Gasteiger partial charge in [-0.15, -0.1) is 46.6 Å². The number of hydrogen-bond acceptors (Lipinski definition) is 10. The molecule has 0 unspecified atom stereocenters. The summed E-state index contributed by atoms with van der Waals surface area (Å²) in [7, 11) is 3.67. The van der Waals surface area contributed by atoms with Crippen molar-refractivity contribution in [3.63, 3.8) is 0 Å². The Balaban J connectivity index is 0.000000151. The lowest BCUT2D eigenvalue weighted by molar-refractivity contribution is 0.419. The molecule has 6 aromatic heterocycles. The van der Waals surface area contributed by atoms with Crippen molar-refractivity contribution in [2.75, 3.05) is 7.11 Å². The first kappa shape index (κ1) is 34.1. The molecule has 0 fully saturated rings. The van der Waals surface area contributed by atoms with E-state index in [1.165, 1.54) is 9.92 Å². The highest BCUT2D eigenvalue weighted by Crippen LogP contribution is 2.34. The van der Waals surface area contributed by atoms with Gasteiger partial charge in [0.15, 0.2) is 11.3 Å². The second-order valence-electron chi connectivity index (χ2n) is 10.9. The number of imidazole rings is 1. The molecule has 0 aliphatic rings. The molecular formula is C32H41N7OS4. The molecule has 6 aromatic rings. The minimum Gasteiger partial charge on any atom is -0.495 e. The number of hydrogen-bond donors (Lipinski definition) is 0. The van der Waals surface area contributed by atoms with Gasteiger partial charge < -0.3 is 9.30 Å². The standard InChI is InChI=1S/C11H15N3S.C11H13NOS2.C10H13N3S/c1-7(2)15-11-6-8(3)12-10-5-9(4)13-14(10)11;1-7(2)15-10-6-9(13-3)11-8(12-10)4-5-14-11;1-7(2)14-8-4-5-11-10-9(8)12-6-13(10)3/h5-7H,1-4H3;4-7H,1-3H3;4-7H,1-3H3. The fourth-order valence-corrected chi connectivity index (χ4v) is 7.71. The molecule has 0 bridgehead atoms. The Morgan fingerprint density at radius 2 is 1.57 bits per heavy atom. The van der Waals surface area contributed by atoms with Crippen molar-refractivity contribution in [2.24, 2.45) is 7.05 Å². The Bertz CT molecular complexity index is 1820.